The molecule has 1 amide bonds. The van der Waals surface area contributed by atoms with Gasteiger partial charge in [-0.25, -0.2) is 4.98 Å². The molecule has 0 saturated carbocycles. The number of carbonyl (C=O) groups excluding carboxylic acids is 1. The second kappa shape index (κ2) is 10.1. The fraction of sp³-hybridized carbons (Fsp3) is 0.273. The van der Waals surface area contributed by atoms with Crippen molar-refractivity contribution >= 4 is 23.2 Å². The number of amides is 1. The molecule has 1 aromatic heterocycles. The van der Waals surface area contributed by atoms with E-state index in [9.17, 15) is 4.79 Å². The summed E-state index contributed by atoms with van der Waals surface area (Å²) in [4.78, 5) is 18.8. The van der Waals surface area contributed by atoms with Crippen LogP contribution < -0.4 is 10.1 Å². The first-order chi connectivity index (χ1) is 14.0. The third kappa shape index (κ3) is 6.62. The minimum Gasteiger partial charge on any atom is -0.494 e. The van der Waals surface area contributed by atoms with Crippen LogP contribution in [0.1, 0.15) is 12.1 Å². The van der Waals surface area contributed by atoms with Crippen molar-refractivity contribution in [2.24, 2.45) is 0 Å². The highest BCUT2D eigenvalue weighted by Crippen LogP contribution is 2.21. The Morgan fingerprint density at radius 3 is 2.55 bits per heavy atom. The minimum atomic E-state index is -0.166. The Kier molecular flexibility index (Phi) is 7.27. The summed E-state index contributed by atoms with van der Waals surface area (Å²) in [5.74, 6) is 1.08. The average Bonchev–Trinajstić information content (AvgIpc) is 3.15. The molecule has 3 aromatic rings. The molecule has 7 heteroatoms. The number of halogens is 1. The lowest BCUT2D eigenvalue weighted by atomic mass is 10.2. The van der Waals surface area contributed by atoms with Gasteiger partial charge in [-0.15, -0.1) is 0 Å². The molecule has 1 N–H and O–H groups in total. The lowest BCUT2D eigenvalue weighted by molar-refractivity contribution is -0.115. The van der Waals surface area contributed by atoms with Gasteiger partial charge in [0.1, 0.15) is 12.0 Å². The zero-order chi connectivity index (χ0) is 20.6. The lowest BCUT2D eigenvalue weighted by Crippen LogP contribution is -2.15. The van der Waals surface area contributed by atoms with Crippen molar-refractivity contribution in [1.29, 1.82) is 0 Å². The lowest BCUT2D eigenvalue weighted by Gasteiger charge is -2.11. The number of nitrogens with zero attached hydrogens (tertiary/aromatic N) is 2. The summed E-state index contributed by atoms with van der Waals surface area (Å²) in [6.45, 7) is 1.64. The van der Waals surface area contributed by atoms with E-state index >= 15 is 0 Å². The quantitative estimate of drug-likeness (QED) is 0.523. The summed E-state index contributed by atoms with van der Waals surface area (Å²) in [6, 6.07) is 14.5. The number of rotatable bonds is 9. The summed E-state index contributed by atoms with van der Waals surface area (Å²) in [5.41, 5.74) is 2.08. The van der Waals surface area contributed by atoms with Crippen LogP contribution in [0.25, 0.3) is 11.5 Å². The first kappa shape index (κ1) is 20.9. The monoisotopic (exact) mass is 413 g/mol. The second-order valence-corrected chi connectivity index (χ2v) is 7.34. The van der Waals surface area contributed by atoms with Gasteiger partial charge in [-0.05, 0) is 69.0 Å². The second-order valence-electron chi connectivity index (χ2n) is 6.91. The van der Waals surface area contributed by atoms with E-state index in [2.05, 4.69) is 15.2 Å². The summed E-state index contributed by atoms with van der Waals surface area (Å²) < 4.78 is 11.2. The van der Waals surface area contributed by atoms with E-state index in [0.29, 0.717) is 28.9 Å². The minimum absolute atomic E-state index is 0.125. The Morgan fingerprint density at radius 2 is 1.86 bits per heavy atom. The van der Waals surface area contributed by atoms with Crippen LogP contribution in [0.4, 0.5) is 5.69 Å². The van der Waals surface area contributed by atoms with Gasteiger partial charge in [-0.2, -0.15) is 0 Å². The molecule has 1 heterocycles. The first-order valence-corrected chi connectivity index (χ1v) is 9.75. The van der Waals surface area contributed by atoms with Crippen LogP contribution >= 0.6 is 11.6 Å². The number of hydrogen-bond donors (Lipinski definition) is 1. The van der Waals surface area contributed by atoms with Gasteiger partial charge < -0.3 is 19.4 Å². The fourth-order valence-electron chi connectivity index (χ4n) is 2.69. The van der Waals surface area contributed by atoms with E-state index in [-0.39, 0.29) is 12.3 Å². The largest absolute Gasteiger partial charge is 0.494 e. The first-order valence-electron chi connectivity index (χ1n) is 9.37. The van der Waals surface area contributed by atoms with E-state index in [4.69, 9.17) is 20.8 Å². The maximum atomic E-state index is 12.3. The van der Waals surface area contributed by atoms with Crippen molar-refractivity contribution in [3.8, 4) is 17.2 Å². The van der Waals surface area contributed by atoms with Gasteiger partial charge in [0.05, 0.1) is 18.7 Å². The fourth-order valence-corrected chi connectivity index (χ4v) is 2.81. The highest BCUT2D eigenvalue weighted by molar-refractivity contribution is 6.30. The molecule has 0 aliphatic heterocycles. The van der Waals surface area contributed by atoms with Gasteiger partial charge in [0, 0.05) is 22.8 Å². The topological polar surface area (TPSA) is 67.6 Å². The highest BCUT2D eigenvalue weighted by Gasteiger charge is 2.11. The Balaban J connectivity index is 1.48. The van der Waals surface area contributed by atoms with Crippen LogP contribution in [0.2, 0.25) is 5.02 Å². The molecule has 0 atom stereocenters. The summed E-state index contributed by atoms with van der Waals surface area (Å²) in [6.07, 6.45) is 2.58. The maximum absolute atomic E-state index is 12.3. The van der Waals surface area contributed by atoms with E-state index in [0.717, 1.165) is 24.3 Å². The Morgan fingerprint density at radius 1 is 1.14 bits per heavy atom. The van der Waals surface area contributed by atoms with Gasteiger partial charge >= 0.3 is 0 Å². The van der Waals surface area contributed by atoms with Crippen LogP contribution in [-0.4, -0.2) is 43.0 Å². The molecule has 0 saturated heterocycles. The number of oxazole rings is 1. The van der Waals surface area contributed by atoms with E-state index in [1.54, 1.807) is 12.1 Å². The zero-order valence-corrected chi connectivity index (χ0v) is 17.3. The number of anilines is 1. The van der Waals surface area contributed by atoms with Crippen molar-refractivity contribution in [3.63, 3.8) is 0 Å². The smallest absolute Gasteiger partial charge is 0.230 e. The molecule has 0 radical (unpaired) electrons. The van der Waals surface area contributed by atoms with Gasteiger partial charge in [0.15, 0.2) is 0 Å². The zero-order valence-electron chi connectivity index (χ0n) is 16.5. The van der Waals surface area contributed by atoms with Gasteiger partial charge in [0.25, 0.3) is 0 Å². The normalized spacial score (nSPS) is 10.9. The van der Waals surface area contributed by atoms with Gasteiger partial charge in [-0.1, -0.05) is 11.6 Å². The number of nitrogens with one attached hydrogen (secondary N) is 1. The van der Waals surface area contributed by atoms with Crippen molar-refractivity contribution in [1.82, 2.24) is 9.88 Å². The van der Waals surface area contributed by atoms with Crippen molar-refractivity contribution in [2.45, 2.75) is 12.8 Å². The molecule has 0 unspecified atom stereocenters. The molecule has 0 spiro atoms. The average molecular weight is 414 g/mol. The Labute approximate surface area is 175 Å². The molecule has 0 aliphatic carbocycles. The third-order valence-electron chi connectivity index (χ3n) is 4.14. The van der Waals surface area contributed by atoms with Crippen molar-refractivity contribution in [2.75, 3.05) is 32.6 Å². The molecule has 0 aliphatic rings. The molecule has 2 aromatic carbocycles. The number of hydrogen-bond acceptors (Lipinski definition) is 5. The molecule has 29 heavy (non-hydrogen) atoms. The van der Waals surface area contributed by atoms with Crippen LogP contribution in [0.3, 0.4) is 0 Å². The number of ether oxygens (including phenoxy) is 1. The van der Waals surface area contributed by atoms with Crippen LogP contribution in [0, 0.1) is 0 Å². The number of benzene rings is 2. The molecule has 0 bridgehead atoms. The highest BCUT2D eigenvalue weighted by atomic mass is 35.5. The SMILES string of the molecule is CN(C)CCCOc1ccc(NC(=O)Cc2coc(-c3ccc(Cl)cc3)n2)cc1. The number of carbonyl (C=O) groups is 1. The molecule has 0 fully saturated rings. The van der Waals surface area contributed by atoms with Crippen LogP contribution in [0.5, 0.6) is 5.75 Å². The molecular formula is C22H24ClN3O3. The van der Waals surface area contributed by atoms with Gasteiger partial charge in [-0.3, -0.25) is 4.79 Å². The van der Waals surface area contributed by atoms with E-state index in [1.807, 2.05) is 50.5 Å². The van der Waals surface area contributed by atoms with Crippen LogP contribution in [-0.2, 0) is 11.2 Å². The molecular weight excluding hydrogens is 390 g/mol. The van der Waals surface area contributed by atoms with Crippen LogP contribution in [0.15, 0.2) is 59.2 Å². The predicted molar refractivity (Wildman–Crippen MR) is 114 cm³/mol. The molecule has 6 nitrogen and oxygen atoms in total. The van der Waals surface area contributed by atoms with Gasteiger partial charge in [0.2, 0.25) is 11.8 Å². The van der Waals surface area contributed by atoms with Crippen molar-refractivity contribution < 1.29 is 13.9 Å². The summed E-state index contributed by atoms with van der Waals surface area (Å²) >= 11 is 5.89. The van der Waals surface area contributed by atoms with E-state index < -0.39 is 0 Å². The molecule has 152 valence electrons. The predicted octanol–water partition coefficient (Wildman–Crippen LogP) is 4.51. The third-order valence-corrected chi connectivity index (χ3v) is 4.39. The summed E-state index contributed by atoms with van der Waals surface area (Å²) in [7, 11) is 4.07. The Bertz CT molecular complexity index is 921. The van der Waals surface area contributed by atoms with Crippen molar-refractivity contribution in [3.05, 3.63) is 65.5 Å². The summed E-state index contributed by atoms with van der Waals surface area (Å²) in [5, 5.41) is 3.50. The molecule has 3 rings (SSSR count). The van der Waals surface area contributed by atoms with E-state index in [1.165, 1.54) is 6.26 Å². The Hall–Kier alpha value is -2.83. The number of aromatic nitrogens is 1. The maximum Gasteiger partial charge on any atom is 0.230 e. The standard InChI is InChI=1S/C22H24ClN3O3/c1-26(2)12-3-13-28-20-10-8-18(9-11-20)24-21(27)14-19-15-29-22(25-19)16-4-6-17(23)7-5-16/h4-11,15H,3,12-14H2,1-2H3,(H,24,27).